The van der Waals surface area contributed by atoms with E-state index >= 15 is 0 Å². The Morgan fingerprint density at radius 1 is 1.24 bits per heavy atom. The Hall–Kier alpha value is -2.20. The highest BCUT2D eigenvalue weighted by molar-refractivity contribution is 5.95. The fraction of sp³-hybridized carbons (Fsp3) is 0.381. The molecular formula is C21H24FNO2. The van der Waals surface area contributed by atoms with Crippen molar-refractivity contribution < 1.29 is 14.3 Å². The first-order valence-electron chi connectivity index (χ1n) is 8.71. The second-order valence-electron chi connectivity index (χ2n) is 7.37. The van der Waals surface area contributed by atoms with Crippen LogP contribution in [0, 0.1) is 5.82 Å². The molecule has 25 heavy (non-hydrogen) atoms. The second kappa shape index (κ2) is 6.96. The fourth-order valence-corrected chi connectivity index (χ4v) is 3.14. The number of aliphatic hydroxyl groups is 1. The summed E-state index contributed by atoms with van der Waals surface area (Å²) in [6.07, 6.45) is 2.27. The molecule has 1 N–H and O–H groups in total. The summed E-state index contributed by atoms with van der Waals surface area (Å²) in [6, 6.07) is 14.0. The largest absolute Gasteiger partial charge is 0.390 e. The van der Waals surface area contributed by atoms with Gasteiger partial charge in [0.1, 0.15) is 5.82 Å². The zero-order chi connectivity index (χ0) is 18.0. The predicted octanol–water partition coefficient (Wildman–Crippen LogP) is 4.12. The summed E-state index contributed by atoms with van der Waals surface area (Å²) >= 11 is 0. The van der Waals surface area contributed by atoms with E-state index in [0.29, 0.717) is 12.0 Å². The standard InChI is InChI=1S/C21H24FNO2/c1-21(2,25)12-10-15-4-3-5-17(14-15)20(24)23-13-11-19(23)16-6-8-18(22)9-7-16/h3-9,14,19,25H,10-13H2,1-2H3/t19-/m1/s1. The molecule has 0 aliphatic carbocycles. The second-order valence-corrected chi connectivity index (χ2v) is 7.37. The van der Waals surface area contributed by atoms with Crippen LogP contribution in [-0.2, 0) is 6.42 Å². The molecule has 4 heteroatoms. The van der Waals surface area contributed by atoms with Crippen LogP contribution in [0.1, 0.15) is 54.2 Å². The summed E-state index contributed by atoms with van der Waals surface area (Å²) in [6.45, 7) is 4.29. The normalized spacial score (nSPS) is 17.3. The van der Waals surface area contributed by atoms with Crippen molar-refractivity contribution >= 4 is 5.91 Å². The quantitative estimate of drug-likeness (QED) is 0.889. The van der Waals surface area contributed by atoms with Crippen LogP contribution in [-0.4, -0.2) is 28.1 Å². The highest BCUT2D eigenvalue weighted by atomic mass is 19.1. The first kappa shape index (κ1) is 17.6. The Balaban J connectivity index is 1.71. The Morgan fingerprint density at radius 3 is 2.56 bits per heavy atom. The molecular weight excluding hydrogens is 317 g/mol. The van der Waals surface area contributed by atoms with E-state index in [0.717, 1.165) is 30.5 Å². The Kier molecular flexibility index (Phi) is 4.91. The third-order valence-electron chi connectivity index (χ3n) is 4.73. The Labute approximate surface area is 148 Å². The topological polar surface area (TPSA) is 40.5 Å². The summed E-state index contributed by atoms with van der Waals surface area (Å²) in [7, 11) is 0. The summed E-state index contributed by atoms with van der Waals surface area (Å²) < 4.78 is 13.1. The predicted molar refractivity (Wildman–Crippen MR) is 95.9 cm³/mol. The summed E-state index contributed by atoms with van der Waals surface area (Å²) in [5.41, 5.74) is 1.97. The highest BCUT2D eigenvalue weighted by Gasteiger charge is 2.33. The molecule has 1 saturated heterocycles. The number of halogens is 1. The van der Waals surface area contributed by atoms with Crippen LogP contribution >= 0.6 is 0 Å². The van der Waals surface area contributed by atoms with Crippen molar-refractivity contribution in [2.24, 2.45) is 0 Å². The molecule has 1 heterocycles. The summed E-state index contributed by atoms with van der Waals surface area (Å²) in [5.74, 6) is -0.258. The van der Waals surface area contributed by atoms with E-state index in [1.54, 1.807) is 26.0 Å². The maximum absolute atomic E-state index is 13.1. The van der Waals surface area contributed by atoms with Crippen molar-refractivity contribution in [1.82, 2.24) is 4.90 Å². The number of hydrogen-bond donors (Lipinski definition) is 1. The molecule has 2 aromatic carbocycles. The number of benzene rings is 2. The van der Waals surface area contributed by atoms with E-state index < -0.39 is 5.60 Å². The van der Waals surface area contributed by atoms with Crippen molar-refractivity contribution in [3.63, 3.8) is 0 Å². The van der Waals surface area contributed by atoms with E-state index in [-0.39, 0.29) is 17.8 Å². The molecule has 0 radical (unpaired) electrons. The lowest BCUT2D eigenvalue weighted by atomic mass is 9.93. The van der Waals surface area contributed by atoms with Gasteiger partial charge in [0.2, 0.25) is 0 Å². The van der Waals surface area contributed by atoms with Gasteiger partial charge >= 0.3 is 0 Å². The number of nitrogens with zero attached hydrogens (tertiary/aromatic N) is 1. The van der Waals surface area contributed by atoms with Crippen LogP contribution in [0.15, 0.2) is 48.5 Å². The van der Waals surface area contributed by atoms with Crippen molar-refractivity contribution in [2.75, 3.05) is 6.54 Å². The smallest absolute Gasteiger partial charge is 0.254 e. The third kappa shape index (κ3) is 4.26. The van der Waals surface area contributed by atoms with Gasteiger partial charge in [-0.15, -0.1) is 0 Å². The van der Waals surface area contributed by atoms with E-state index in [2.05, 4.69) is 0 Å². The molecule has 1 amide bonds. The molecule has 1 aliphatic rings. The van der Waals surface area contributed by atoms with Gasteiger partial charge in [0, 0.05) is 12.1 Å². The molecule has 3 rings (SSSR count). The summed E-state index contributed by atoms with van der Waals surface area (Å²) in [4.78, 5) is 14.7. The molecule has 132 valence electrons. The van der Waals surface area contributed by atoms with Gasteiger partial charge in [-0.2, -0.15) is 0 Å². The Morgan fingerprint density at radius 2 is 1.96 bits per heavy atom. The van der Waals surface area contributed by atoms with Crippen LogP contribution < -0.4 is 0 Å². The van der Waals surface area contributed by atoms with Gasteiger partial charge < -0.3 is 10.0 Å². The number of carbonyl (C=O) groups excluding carboxylic acids is 1. The maximum Gasteiger partial charge on any atom is 0.254 e. The third-order valence-corrected chi connectivity index (χ3v) is 4.73. The minimum Gasteiger partial charge on any atom is -0.390 e. The molecule has 0 spiro atoms. The van der Waals surface area contributed by atoms with Gasteiger partial charge in [0.15, 0.2) is 0 Å². The Bertz CT molecular complexity index is 749. The molecule has 1 atom stereocenters. The van der Waals surface area contributed by atoms with E-state index in [4.69, 9.17) is 0 Å². The lowest BCUT2D eigenvalue weighted by molar-refractivity contribution is 0.0460. The van der Waals surface area contributed by atoms with Crippen LogP contribution in [0.25, 0.3) is 0 Å². The fourth-order valence-electron chi connectivity index (χ4n) is 3.14. The lowest BCUT2D eigenvalue weighted by Gasteiger charge is -2.41. The van der Waals surface area contributed by atoms with Crippen molar-refractivity contribution in [3.05, 3.63) is 71.0 Å². The minimum absolute atomic E-state index is 0.00526. The molecule has 0 aromatic heterocycles. The van der Waals surface area contributed by atoms with Gasteiger partial charge in [0.25, 0.3) is 5.91 Å². The van der Waals surface area contributed by atoms with Gasteiger partial charge in [-0.3, -0.25) is 4.79 Å². The zero-order valence-corrected chi connectivity index (χ0v) is 14.7. The molecule has 2 aromatic rings. The minimum atomic E-state index is -0.717. The van der Waals surface area contributed by atoms with E-state index in [1.165, 1.54) is 12.1 Å². The number of likely N-dealkylation sites (tertiary alicyclic amines) is 1. The SMILES string of the molecule is CC(C)(O)CCc1cccc(C(=O)N2CC[C@@H]2c2ccc(F)cc2)c1. The number of rotatable bonds is 5. The first-order chi connectivity index (χ1) is 11.8. The number of aryl methyl sites for hydroxylation is 1. The molecule has 0 bridgehead atoms. The van der Waals surface area contributed by atoms with E-state index in [1.807, 2.05) is 29.2 Å². The summed E-state index contributed by atoms with van der Waals surface area (Å²) in [5, 5.41) is 9.87. The zero-order valence-electron chi connectivity index (χ0n) is 14.7. The van der Waals surface area contributed by atoms with Crippen LogP contribution in [0.5, 0.6) is 0 Å². The van der Waals surface area contributed by atoms with Gasteiger partial charge in [-0.1, -0.05) is 24.3 Å². The highest BCUT2D eigenvalue weighted by Crippen LogP contribution is 2.34. The molecule has 1 fully saturated rings. The first-order valence-corrected chi connectivity index (χ1v) is 8.71. The van der Waals surface area contributed by atoms with Crippen molar-refractivity contribution in [3.8, 4) is 0 Å². The van der Waals surface area contributed by atoms with Crippen LogP contribution in [0.2, 0.25) is 0 Å². The van der Waals surface area contributed by atoms with Crippen LogP contribution in [0.4, 0.5) is 4.39 Å². The van der Waals surface area contributed by atoms with Gasteiger partial charge in [0.05, 0.1) is 11.6 Å². The molecule has 1 aliphatic heterocycles. The molecule has 0 unspecified atom stereocenters. The van der Waals surface area contributed by atoms with Gasteiger partial charge in [-0.05, 0) is 68.5 Å². The molecule has 3 nitrogen and oxygen atoms in total. The van der Waals surface area contributed by atoms with Crippen molar-refractivity contribution in [2.45, 2.75) is 44.8 Å². The van der Waals surface area contributed by atoms with Crippen molar-refractivity contribution in [1.29, 1.82) is 0 Å². The number of hydrogen-bond acceptors (Lipinski definition) is 2. The average Bonchev–Trinajstić information content (AvgIpc) is 2.53. The number of carbonyl (C=O) groups is 1. The van der Waals surface area contributed by atoms with E-state index in [9.17, 15) is 14.3 Å². The average molecular weight is 341 g/mol. The van der Waals surface area contributed by atoms with Crippen LogP contribution in [0.3, 0.4) is 0 Å². The maximum atomic E-state index is 13.1. The monoisotopic (exact) mass is 341 g/mol. The number of amides is 1. The lowest BCUT2D eigenvalue weighted by Crippen LogP contribution is -2.45. The van der Waals surface area contributed by atoms with Gasteiger partial charge in [-0.25, -0.2) is 4.39 Å². The molecule has 0 saturated carbocycles.